The van der Waals surface area contributed by atoms with E-state index < -0.39 is 0 Å². The summed E-state index contributed by atoms with van der Waals surface area (Å²) in [6, 6.07) is 10.2. The highest BCUT2D eigenvalue weighted by atomic mass is 16.1. The maximum Gasteiger partial charge on any atom is 0.162 e. The van der Waals surface area contributed by atoms with E-state index in [-0.39, 0.29) is 0 Å². The van der Waals surface area contributed by atoms with Gasteiger partial charge in [0.25, 0.3) is 0 Å². The van der Waals surface area contributed by atoms with Crippen LogP contribution in [0.3, 0.4) is 0 Å². The molecule has 2 atom stereocenters. The third-order valence-corrected chi connectivity index (χ3v) is 4.49. The van der Waals surface area contributed by atoms with Crippen molar-refractivity contribution in [1.82, 2.24) is 0 Å². The fourth-order valence-electron chi connectivity index (χ4n) is 3.49. The number of allylic oxidation sites excluding steroid dienone is 1. The molecule has 0 heterocycles. The van der Waals surface area contributed by atoms with E-state index in [9.17, 15) is 4.79 Å². The summed E-state index contributed by atoms with van der Waals surface area (Å²) in [5.74, 6) is 1.46. The molecule has 0 saturated heterocycles. The number of hydrogen-bond donors (Lipinski definition) is 0. The van der Waals surface area contributed by atoms with Gasteiger partial charge in [-0.2, -0.15) is 0 Å². The van der Waals surface area contributed by atoms with E-state index >= 15 is 0 Å². The molecule has 2 fully saturated rings. The molecule has 18 heavy (non-hydrogen) atoms. The van der Waals surface area contributed by atoms with Crippen LogP contribution < -0.4 is 0 Å². The average molecular weight is 240 g/mol. The molecule has 1 heteroatoms. The number of fused-ring (bicyclic) bond motifs is 1. The first-order valence-electron chi connectivity index (χ1n) is 7.14. The molecule has 94 valence electrons. The lowest BCUT2D eigenvalue weighted by molar-refractivity contribution is -0.123. The van der Waals surface area contributed by atoms with Crippen LogP contribution in [-0.2, 0) is 4.79 Å². The molecule has 2 saturated carbocycles. The first-order valence-corrected chi connectivity index (χ1v) is 7.14. The highest BCUT2D eigenvalue weighted by Crippen LogP contribution is 2.40. The number of Topliss-reactive ketones (excluding diaryl/α,β-unsaturated/α-hetero) is 1. The number of carbonyl (C=O) groups excluding carboxylic acids is 1. The van der Waals surface area contributed by atoms with Gasteiger partial charge in [0.15, 0.2) is 5.78 Å². The summed E-state index contributed by atoms with van der Waals surface area (Å²) in [7, 11) is 0. The van der Waals surface area contributed by atoms with Gasteiger partial charge in [-0.3, -0.25) is 4.79 Å². The first kappa shape index (κ1) is 11.7. The van der Waals surface area contributed by atoms with Gasteiger partial charge in [0.1, 0.15) is 0 Å². The van der Waals surface area contributed by atoms with E-state index in [1.54, 1.807) is 0 Å². The van der Waals surface area contributed by atoms with E-state index in [2.05, 4.69) is 18.2 Å². The third kappa shape index (κ3) is 2.27. The minimum atomic E-state index is 0.336. The van der Waals surface area contributed by atoms with Crippen LogP contribution in [0.25, 0.3) is 6.08 Å². The van der Waals surface area contributed by atoms with Crippen molar-refractivity contribution in [3.8, 4) is 0 Å². The third-order valence-electron chi connectivity index (χ3n) is 4.49. The summed E-state index contributed by atoms with van der Waals surface area (Å²) in [6.07, 6.45) is 9.26. The van der Waals surface area contributed by atoms with Gasteiger partial charge in [0.05, 0.1) is 0 Å². The van der Waals surface area contributed by atoms with Crippen molar-refractivity contribution < 1.29 is 4.79 Å². The van der Waals surface area contributed by atoms with Crippen LogP contribution >= 0.6 is 0 Å². The Balaban J connectivity index is 1.82. The van der Waals surface area contributed by atoms with E-state index in [4.69, 9.17) is 0 Å². The second kappa shape index (κ2) is 5.09. The quantitative estimate of drug-likeness (QED) is 0.671. The Morgan fingerprint density at radius 1 is 1.00 bits per heavy atom. The summed E-state index contributed by atoms with van der Waals surface area (Å²) in [6.45, 7) is 0. The van der Waals surface area contributed by atoms with Crippen LogP contribution in [0.15, 0.2) is 35.9 Å². The molecular formula is C17H20O. The van der Waals surface area contributed by atoms with Gasteiger partial charge in [-0.1, -0.05) is 43.2 Å². The molecular weight excluding hydrogens is 220 g/mol. The number of benzene rings is 1. The maximum absolute atomic E-state index is 12.5. The molecule has 0 radical (unpaired) electrons. The average Bonchev–Trinajstić information content (AvgIpc) is 2.43. The van der Waals surface area contributed by atoms with Crippen molar-refractivity contribution in [1.29, 1.82) is 0 Å². The summed E-state index contributed by atoms with van der Waals surface area (Å²) >= 11 is 0. The maximum atomic E-state index is 12.5. The van der Waals surface area contributed by atoms with Crippen LogP contribution in [-0.4, -0.2) is 5.78 Å². The molecule has 0 spiro atoms. The Bertz CT molecular complexity index is 458. The first-order chi connectivity index (χ1) is 8.84. The smallest absolute Gasteiger partial charge is 0.162 e. The van der Waals surface area contributed by atoms with E-state index in [1.807, 2.05) is 18.2 Å². The molecule has 3 rings (SSSR count). The standard InChI is InChI=1S/C17H20O/c18-17-15(12-13-6-2-1-3-7-13)11-10-14-8-4-5-9-16(14)17/h1-3,6-7,12,14,16H,4-5,8-11H2/t14-,16+/m1/s1. The molecule has 0 bridgehead atoms. The molecule has 1 nitrogen and oxygen atoms in total. The lowest BCUT2D eigenvalue weighted by atomic mass is 9.68. The van der Waals surface area contributed by atoms with Crippen molar-refractivity contribution in [2.45, 2.75) is 38.5 Å². The summed E-state index contributed by atoms with van der Waals surface area (Å²) < 4.78 is 0. The van der Waals surface area contributed by atoms with Gasteiger partial charge in [0, 0.05) is 5.92 Å². The van der Waals surface area contributed by atoms with Crippen LogP contribution in [0, 0.1) is 11.8 Å². The fourth-order valence-corrected chi connectivity index (χ4v) is 3.49. The minimum Gasteiger partial charge on any atom is -0.294 e. The van der Waals surface area contributed by atoms with Gasteiger partial charge in [-0.05, 0) is 48.8 Å². The van der Waals surface area contributed by atoms with Crippen molar-refractivity contribution >= 4 is 11.9 Å². The van der Waals surface area contributed by atoms with E-state index in [1.165, 1.54) is 25.7 Å². The summed E-state index contributed by atoms with van der Waals surface area (Å²) in [4.78, 5) is 12.5. The number of carbonyl (C=O) groups is 1. The van der Waals surface area contributed by atoms with E-state index in [0.29, 0.717) is 17.6 Å². The lowest BCUT2D eigenvalue weighted by Gasteiger charge is -2.35. The monoisotopic (exact) mass is 240 g/mol. The van der Waals surface area contributed by atoms with Crippen LogP contribution in [0.1, 0.15) is 44.1 Å². The molecule has 0 aromatic heterocycles. The Hall–Kier alpha value is -1.37. The Kier molecular flexibility index (Phi) is 3.31. The van der Waals surface area contributed by atoms with Crippen LogP contribution in [0.2, 0.25) is 0 Å². The number of rotatable bonds is 1. The summed E-state index contributed by atoms with van der Waals surface area (Å²) in [5.41, 5.74) is 2.22. The zero-order valence-electron chi connectivity index (χ0n) is 10.8. The van der Waals surface area contributed by atoms with Gasteiger partial charge >= 0.3 is 0 Å². The highest BCUT2D eigenvalue weighted by Gasteiger charge is 2.35. The van der Waals surface area contributed by atoms with Crippen molar-refractivity contribution in [2.24, 2.45) is 11.8 Å². The second-order valence-electron chi connectivity index (χ2n) is 5.63. The molecule has 2 aliphatic rings. The molecule has 1 aromatic carbocycles. The van der Waals surface area contributed by atoms with Gasteiger partial charge < -0.3 is 0 Å². The molecule has 0 unspecified atom stereocenters. The fraction of sp³-hybridized carbons (Fsp3) is 0.471. The number of ketones is 1. The molecule has 2 aliphatic carbocycles. The zero-order chi connectivity index (χ0) is 12.4. The largest absolute Gasteiger partial charge is 0.294 e. The zero-order valence-corrected chi connectivity index (χ0v) is 10.8. The Morgan fingerprint density at radius 2 is 1.78 bits per heavy atom. The van der Waals surface area contributed by atoms with Crippen molar-refractivity contribution in [3.63, 3.8) is 0 Å². The molecule has 0 aliphatic heterocycles. The highest BCUT2D eigenvalue weighted by molar-refractivity contribution is 6.02. The van der Waals surface area contributed by atoms with E-state index in [0.717, 1.165) is 24.0 Å². The Morgan fingerprint density at radius 3 is 2.61 bits per heavy atom. The topological polar surface area (TPSA) is 17.1 Å². The normalized spacial score (nSPS) is 30.2. The Labute approximate surface area is 109 Å². The van der Waals surface area contributed by atoms with Crippen LogP contribution in [0.5, 0.6) is 0 Å². The van der Waals surface area contributed by atoms with Gasteiger partial charge in [-0.15, -0.1) is 0 Å². The summed E-state index contributed by atoms with van der Waals surface area (Å²) in [5, 5.41) is 0. The predicted molar refractivity (Wildman–Crippen MR) is 74.1 cm³/mol. The molecule has 1 aromatic rings. The minimum absolute atomic E-state index is 0.336. The van der Waals surface area contributed by atoms with Crippen molar-refractivity contribution in [2.75, 3.05) is 0 Å². The predicted octanol–water partition coefficient (Wildman–Crippen LogP) is 4.24. The van der Waals surface area contributed by atoms with Gasteiger partial charge in [-0.25, -0.2) is 0 Å². The van der Waals surface area contributed by atoms with Crippen LogP contribution in [0.4, 0.5) is 0 Å². The van der Waals surface area contributed by atoms with Gasteiger partial charge in [0.2, 0.25) is 0 Å². The second-order valence-corrected chi connectivity index (χ2v) is 5.63. The SMILES string of the molecule is O=C1C(=Cc2ccccc2)CC[C@H]2CCCC[C@H]12. The molecule has 0 N–H and O–H groups in total. The molecule has 0 amide bonds. The number of hydrogen-bond acceptors (Lipinski definition) is 1. The van der Waals surface area contributed by atoms with Crippen molar-refractivity contribution in [3.05, 3.63) is 41.5 Å². The lowest BCUT2D eigenvalue weighted by Crippen LogP contribution is -2.32.